The smallest absolute Gasteiger partial charge is 0.309 e. The quantitative estimate of drug-likeness (QED) is 0.172. The van der Waals surface area contributed by atoms with Gasteiger partial charge in [-0.2, -0.15) is 18.4 Å². The van der Waals surface area contributed by atoms with Crippen molar-refractivity contribution in [1.82, 2.24) is 9.13 Å². The Bertz CT molecular complexity index is 3370. The molecular weight excluding hydrogens is 736 g/mol. The molecule has 6 heteroatoms. The second kappa shape index (κ2) is 13.6. The molecule has 0 N–H and O–H groups in total. The van der Waals surface area contributed by atoms with Gasteiger partial charge in [0.05, 0.1) is 44.6 Å². The van der Waals surface area contributed by atoms with Crippen LogP contribution in [0.3, 0.4) is 0 Å². The summed E-state index contributed by atoms with van der Waals surface area (Å²) >= 11 is 0. The van der Waals surface area contributed by atoms with Gasteiger partial charge in [0, 0.05) is 27.1 Å². The highest BCUT2D eigenvalue weighted by atomic mass is 19.4. The molecule has 0 atom stereocenters. The molecule has 10 aromatic rings. The van der Waals surface area contributed by atoms with Gasteiger partial charge < -0.3 is 9.13 Å². The number of hydrogen-bond donors (Lipinski definition) is 0. The van der Waals surface area contributed by atoms with Crippen LogP contribution in [0.25, 0.3) is 88.4 Å². The number of rotatable bonds is 5. The maximum Gasteiger partial charge on any atom is 0.416 e. The zero-order valence-electron chi connectivity index (χ0n) is 32.6. The van der Waals surface area contributed by atoms with Crippen molar-refractivity contribution >= 4 is 43.6 Å². The summed E-state index contributed by atoms with van der Waals surface area (Å²) in [5, 5.41) is 15.1. The Hall–Kier alpha value is -7.36. The number of para-hydroxylation sites is 2. The first kappa shape index (κ1) is 36.0. The van der Waals surface area contributed by atoms with E-state index in [2.05, 4.69) is 102 Å². The molecule has 0 aliphatic carbocycles. The summed E-state index contributed by atoms with van der Waals surface area (Å²) in [6.45, 7) is 5.88. The Balaban J connectivity index is 1.30. The zero-order valence-corrected chi connectivity index (χ0v) is 32.6. The highest BCUT2D eigenvalue weighted by Gasteiger charge is 2.32. The van der Waals surface area contributed by atoms with E-state index >= 15 is 0 Å². The molecule has 2 aromatic heterocycles. The van der Waals surface area contributed by atoms with Crippen LogP contribution in [-0.2, 0) is 6.18 Å². The third kappa shape index (κ3) is 5.89. The number of alkyl halides is 3. The monoisotopic (exact) mass is 771 g/mol. The van der Waals surface area contributed by atoms with Gasteiger partial charge in [0.2, 0.25) is 0 Å². The molecule has 0 saturated carbocycles. The minimum Gasteiger partial charge on any atom is -0.309 e. The fraction of sp³-hybridized carbons (Fsp3) is 0.0755. The summed E-state index contributed by atoms with van der Waals surface area (Å²) < 4.78 is 47.9. The van der Waals surface area contributed by atoms with Crippen LogP contribution in [0.1, 0.15) is 27.8 Å². The number of halogens is 3. The maximum absolute atomic E-state index is 14.6. The van der Waals surface area contributed by atoms with Crippen LogP contribution in [0.15, 0.2) is 164 Å². The predicted octanol–water partition coefficient (Wildman–Crippen LogP) is 14.7. The SMILES string of the molecule is Cc1cc(-c2cc(-n3c4ccccc4c4cc(-c5ccccc5C)ccc43)c(C#N)cc2-n2c3ccccc3c3cc(-c4ccccc4C)ccc32)cc(C(F)(F)F)c1. The largest absolute Gasteiger partial charge is 0.416 e. The summed E-state index contributed by atoms with van der Waals surface area (Å²) in [5.41, 5.74) is 12.6. The van der Waals surface area contributed by atoms with Crippen molar-refractivity contribution in [3.8, 4) is 50.8 Å². The van der Waals surface area contributed by atoms with Crippen LogP contribution in [-0.4, -0.2) is 9.13 Å². The molecule has 0 bridgehead atoms. The highest BCUT2D eigenvalue weighted by Crippen LogP contribution is 2.43. The molecule has 59 heavy (non-hydrogen) atoms. The average Bonchev–Trinajstić information content (AvgIpc) is 3.75. The molecule has 0 spiro atoms. The summed E-state index contributed by atoms with van der Waals surface area (Å²) in [6, 6.07) is 55.9. The number of nitriles is 1. The van der Waals surface area contributed by atoms with Crippen LogP contribution in [0.5, 0.6) is 0 Å². The van der Waals surface area contributed by atoms with Gasteiger partial charge in [-0.25, -0.2) is 0 Å². The normalized spacial score (nSPS) is 11.9. The van der Waals surface area contributed by atoms with E-state index in [9.17, 15) is 18.4 Å². The van der Waals surface area contributed by atoms with Gasteiger partial charge in [-0.15, -0.1) is 0 Å². The Morgan fingerprint density at radius 3 is 1.46 bits per heavy atom. The van der Waals surface area contributed by atoms with Crippen molar-refractivity contribution in [3.63, 3.8) is 0 Å². The first-order chi connectivity index (χ1) is 28.6. The van der Waals surface area contributed by atoms with Crippen LogP contribution in [0, 0.1) is 32.1 Å². The second-order valence-corrected chi connectivity index (χ2v) is 15.4. The number of nitrogens with zero attached hydrogens (tertiary/aromatic N) is 3. The summed E-state index contributed by atoms with van der Waals surface area (Å²) in [7, 11) is 0. The van der Waals surface area contributed by atoms with Gasteiger partial charge in [-0.05, 0) is 126 Å². The van der Waals surface area contributed by atoms with Gasteiger partial charge >= 0.3 is 6.18 Å². The van der Waals surface area contributed by atoms with Gasteiger partial charge in [0.15, 0.2) is 0 Å². The average molecular weight is 772 g/mol. The molecule has 0 aliphatic heterocycles. The number of benzene rings is 8. The number of hydrogen-bond acceptors (Lipinski definition) is 1. The molecule has 0 unspecified atom stereocenters. The summed E-state index contributed by atoms with van der Waals surface area (Å²) in [4.78, 5) is 0. The first-order valence-electron chi connectivity index (χ1n) is 19.6. The van der Waals surface area contributed by atoms with Gasteiger partial charge in [0.25, 0.3) is 0 Å². The van der Waals surface area contributed by atoms with Crippen molar-refractivity contribution in [3.05, 3.63) is 192 Å². The topological polar surface area (TPSA) is 33.6 Å². The Labute approximate surface area is 339 Å². The van der Waals surface area contributed by atoms with E-state index in [-0.39, 0.29) is 0 Å². The minimum atomic E-state index is -4.56. The molecule has 0 amide bonds. The molecule has 2 heterocycles. The lowest BCUT2D eigenvalue weighted by molar-refractivity contribution is -0.137. The third-order valence-corrected chi connectivity index (χ3v) is 11.7. The third-order valence-electron chi connectivity index (χ3n) is 11.7. The van der Waals surface area contributed by atoms with E-state index in [1.165, 1.54) is 12.1 Å². The van der Waals surface area contributed by atoms with E-state index in [1.54, 1.807) is 13.0 Å². The van der Waals surface area contributed by atoms with Crippen LogP contribution >= 0.6 is 0 Å². The second-order valence-electron chi connectivity index (χ2n) is 15.4. The molecule has 0 radical (unpaired) electrons. The van der Waals surface area contributed by atoms with Crippen molar-refractivity contribution in [2.45, 2.75) is 26.9 Å². The van der Waals surface area contributed by atoms with Crippen LogP contribution < -0.4 is 0 Å². The van der Waals surface area contributed by atoms with Gasteiger partial charge in [-0.3, -0.25) is 0 Å². The summed E-state index contributed by atoms with van der Waals surface area (Å²) in [5.74, 6) is 0. The van der Waals surface area contributed by atoms with Crippen LogP contribution in [0.2, 0.25) is 0 Å². The molecule has 0 saturated heterocycles. The Morgan fingerprint density at radius 2 is 0.932 bits per heavy atom. The van der Waals surface area contributed by atoms with E-state index in [1.807, 2.05) is 72.8 Å². The molecular formula is C53H36F3N3. The predicted molar refractivity (Wildman–Crippen MR) is 235 cm³/mol. The van der Waals surface area contributed by atoms with Crippen molar-refractivity contribution < 1.29 is 13.2 Å². The van der Waals surface area contributed by atoms with E-state index in [4.69, 9.17) is 0 Å². The number of fused-ring (bicyclic) bond motifs is 6. The summed E-state index contributed by atoms with van der Waals surface area (Å²) in [6.07, 6.45) is -4.56. The van der Waals surface area contributed by atoms with Gasteiger partial charge in [-0.1, -0.05) is 103 Å². The zero-order chi connectivity index (χ0) is 40.6. The standard InChI is InChI=1S/C53H36F3N3/c1-32-24-37(26-39(25-32)53(54,55)56)44-30-51(58-47-18-10-8-16-42(47)45-27-35(20-22-49(45)58)40-14-6-4-12-33(40)2)38(31-57)29-52(44)59-48-19-11-9-17-43(48)46-28-36(21-23-50(46)59)41-15-7-5-13-34(41)3/h4-30H,1-3H3. The van der Waals surface area contributed by atoms with Crippen molar-refractivity contribution in [1.29, 1.82) is 5.26 Å². The fourth-order valence-corrected chi connectivity index (χ4v) is 8.96. The molecule has 0 aliphatic rings. The first-order valence-corrected chi connectivity index (χ1v) is 19.6. The lowest BCUT2D eigenvalue weighted by Gasteiger charge is -2.20. The molecule has 0 fully saturated rings. The van der Waals surface area contributed by atoms with E-state index in [0.29, 0.717) is 33.6 Å². The van der Waals surface area contributed by atoms with Crippen molar-refractivity contribution in [2.24, 2.45) is 0 Å². The Kier molecular flexibility index (Phi) is 8.33. The van der Waals surface area contributed by atoms with E-state index < -0.39 is 11.7 Å². The number of aromatic nitrogens is 2. The van der Waals surface area contributed by atoms with Crippen LogP contribution in [0.4, 0.5) is 13.2 Å². The molecule has 3 nitrogen and oxygen atoms in total. The van der Waals surface area contributed by atoms with Crippen molar-refractivity contribution in [2.75, 3.05) is 0 Å². The van der Waals surface area contributed by atoms with E-state index in [0.717, 1.165) is 77.0 Å². The maximum atomic E-state index is 14.6. The fourth-order valence-electron chi connectivity index (χ4n) is 8.96. The molecule has 10 rings (SSSR count). The highest BCUT2D eigenvalue weighted by molar-refractivity contribution is 6.12. The minimum absolute atomic E-state index is 0.389. The lowest BCUT2D eigenvalue weighted by atomic mass is 9.95. The van der Waals surface area contributed by atoms with Gasteiger partial charge in [0.1, 0.15) is 6.07 Å². The molecule has 284 valence electrons. The molecule has 8 aromatic carbocycles. The Morgan fingerprint density at radius 1 is 0.441 bits per heavy atom. The lowest BCUT2D eigenvalue weighted by Crippen LogP contribution is -2.07. The number of aryl methyl sites for hydroxylation is 3.